The molecule has 0 spiro atoms. The molecule has 0 aromatic rings. The molecule has 3 atom stereocenters. The zero-order chi connectivity index (χ0) is 11.4. The van der Waals surface area contributed by atoms with E-state index >= 15 is 0 Å². The average molecular weight is 226 g/mol. The van der Waals surface area contributed by atoms with E-state index < -0.39 is 0 Å². The number of hydrogen-bond donors (Lipinski definition) is 1. The molecule has 1 aliphatic heterocycles. The minimum Gasteiger partial charge on any atom is -0.374 e. The van der Waals surface area contributed by atoms with Crippen LogP contribution in [0.15, 0.2) is 0 Å². The first-order chi connectivity index (χ1) is 7.83. The predicted molar refractivity (Wildman–Crippen MR) is 66.4 cm³/mol. The third kappa shape index (κ3) is 2.96. The molecule has 0 aromatic carbocycles. The van der Waals surface area contributed by atoms with Gasteiger partial charge >= 0.3 is 0 Å². The van der Waals surface area contributed by atoms with Crippen molar-refractivity contribution in [2.24, 2.45) is 11.7 Å². The van der Waals surface area contributed by atoms with Crippen LogP contribution in [0.25, 0.3) is 0 Å². The molecular formula is C13H26N2O. The van der Waals surface area contributed by atoms with Gasteiger partial charge in [0, 0.05) is 25.7 Å². The third-order valence-corrected chi connectivity index (χ3v) is 4.28. The summed E-state index contributed by atoms with van der Waals surface area (Å²) in [5, 5.41) is 0. The molecule has 2 N–H and O–H groups in total. The molecule has 0 bridgehead atoms. The van der Waals surface area contributed by atoms with Crippen LogP contribution in [-0.4, -0.2) is 43.3 Å². The summed E-state index contributed by atoms with van der Waals surface area (Å²) in [7, 11) is 0. The van der Waals surface area contributed by atoms with Crippen molar-refractivity contribution in [3.05, 3.63) is 0 Å². The highest BCUT2D eigenvalue weighted by Crippen LogP contribution is 2.30. The van der Waals surface area contributed by atoms with E-state index in [4.69, 9.17) is 10.5 Å². The average Bonchev–Trinajstić information content (AvgIpc) is 2.39. The summed E-state index contributed by atoms with van der Waals surface area (Å²) in [6, 6.07) is 0.802. The second-order valence-electron chi connectivity index (χ2n) is 5.32. The standard InChI is InChI=1S/C13H26N2O/c1-2-11-4-3-5-12(8-11)15-6-7-16-13(9-14)10-15/h11-13H,2-10,14H2,1H3. The van der Waals surface area contributed by atoms with E-state index in [1.165, 1.54) is 32.1 Å². The van der Waals surface area contributed by atoms with Gasteiger partial charge in [0.25, 0.3) is 0 Å². The molecule has 94 valence electrons. The van der Waals surface area contributed by atoms with Gasteiger partial charge in [0.1, 0.15) is 0 Å². The van der Waals surface area contributed by atoms with Crippen LogP contribution in [-0.2, 0) is 4.74 Å². The van der Waals surface area contributed by atoms with Crippen LogP contribution < -0.4 is 5.73 Å². The fourth-order valence-corrected chi connectivity index (χ4v) is 3.18. The van der Waals surface area contributed by atoms with Crippen LogP contribution in [0.3, 0.4) is 0 Å². The van der Waals surface area contributed by atoms with Crippen molar-refractivity contribution in [3.63, 3.8) is 0 Å². The Hall–Kier alpha value is -0.120. The van der Waals surface area contributed by atoms with Crippen molar-refractivity contribution in [3.8, 4) is 0 Å². The van der Waals surface area contributed by atoms with E-state index in [0.717, 1.165) is 31.7 Å². The molecule has 3 unspecified atom stereocenters. The Morgan fingerprint density at radius 1 is 1.38 bits per heavy atom. The number of rotatable bonds is 3. The maximum Gasteiger partial charge on any atom is 0.0824 e. The smallest absolute Gasteiger partial charge is 0.0824 e. The monoisotopic (exact) mass is 226 g/mol. The molecule has 1 saturated carbocycles. The number of ether oxygens (including phenoxy) is 1. The summed E-state index contributed by atoms with van der Waals surface area (Å²) in [5.74, 6) is 0.956. The van der Waals surface area contributed by atoms with E-state index in [-0.39, 0.29) is 6.10 Å². The normalized spacial score (nSPS) is 37.5. The first-order valence-corrected chi connectivity index (χ1v) is 6.89. The van der Waals surface area contributed by atoms with Crippen LogP contribution in [0.5, 0.6) is 0 Å². The summed E-state index contributed by atoms with van der Waals surface area (Å²) < 4.78 is 5.63. The minimum absolute atomic E-state index is 0.274. The molecule has 0 radical (unpaired) electrons. The third-order valence-electron chi connectivity index (χ3n) is 4.28. The van der Waals surface area contributed by atoms with Crippen LogP contribution in [0.4, 0.5) is 0 Å². The van der Waals surface area contributed by atoms with E-state index in [1.54, 1.807) is 0 Å². The van der Waals surface area contributed by atoms with Gasteiger partial charge in [-0.2, -0.15) is 0 Å². The van der Waals surface area contributed by atoms with Gasteiger partial charge < -0.3 is 10.5 Å². The van der Waals surface area contributed by atoms with Crippen molar-refractivity contribution in [1.82, 2.24) is 4.90 Å². The topological polar surface area (TPSA) is 38.5 Å². The van der Waals surface area contributed by atoms with Crippen LogP contribution in [0.2, 0.25) is 0 Å². The number of nitrogens with zero attached hydrogens (tertiary/aromatic N) is 1. The van der Waals surface area contributed by atoms with Gasteiger partial charge in [0.05, 0.1) is 12.7 Å². The van der Waals surface area contributed by atoms with Gasteiger partial charge in [-0.3, -0.25) is 4.90 Å². The van der Waals surface area contributed by atoms with E-state index in [1.807, 2.05) is 0 Å². The van der Waals surface area contributed by atoms with Crippen molar-refractivity contribution in [2.45, 2.75) is 51.2 Å². The van der Waals surface area contributed by atoms with Gasteiger partial charge in [-0.05, 0) is 18.8 Å². The van der Waals surface area contributed by atoms with Gasteiger partial charge in [-0.15, -0.1) is 0 Å². The second kappa shape index (κ2) is 5.99. The summed E-state index contributed by atoms with van der Waals surface area (Å²) in [4.78, 5) is 2.63. The molecule has 1 saturated heterocycles. The first-order valence-electron chi connectivity index (χ1n) is 6.89. The SMILES string of the molecule is CCC1CCCC(N2CCOC(CN)C2)C1. The van der Waals surface area contributed by atoms with Crippen LogP contribution in [0.1, 0.15) is 39.0 Å². The highest BCUT2D eigenvalue weighted by atomic mass is 16.5. The number of nitrogens with two attached hydrogens (primary N) is 1. The lowest BCUT2D eigenvalue weighted by molar-refractivity contribution is -0.0468. The van der Waals surface area contributed by atoms with Gasteiger partial charge in [0.2, 0.25) is 0 Å². The summed E-state index contributed by atoms with van der Waals surface area (Å²) in [5.41, 5.74) is 5.70. The quantitative estimate of drug-likeness (QED) is 0.794. The fourth-order valence-electron chi connectivity index (χ4n) is 3.18. The van der Waals surface area contributed by atoms with E-state index in [2.05, 4.69) is 11.8 Å². The highest BCUT2D eigenvalue weighted by Gasteiger charge is 2.29. The van der Waals surface area contributed by atoms with Crippen molar-refractivity contribution >= 4 is 0 Å². The summed E-state index contributed by atoms with van der Waals surface area (Å²) in [6.45, 7) is 6.03. The Labute approximate surface area is 99.3 Å². The van der Waals surface area contributed by atoms with Crippen LogP contribution >= 0.6 is 0 Å². The maximum atomic E-state index is 5.70. The molecule has 2 fully saturated rings. The molecule has 2 aliphatic rings. The van der Waals surface area contributed by atoms with Crippen molar-refractivity contribution in [2.75, 3.05) is 26.2 Å². The number of morpholine rings is 1. The van der Waals surface area contributed by atoms with Crippen LogP contribution in [0, 0.1) is 5.92 Å². The van der Waals surface area contributed by atoms with Gasteiger partial charge in [-0.25, -0.2) is 0 Å². The van der Waals surface area contributed by atoms with Crippen molar-refractivity contribution < 1.29 is 4.74 Å². The molecular weight excluding hydrogens is 200 g/mol. The highest BCUT2D eigenvalue weighted by molar-refractivity contribution is 4.83. The maximum absolute atomic E-state index is 5.70. The molecule has 3 heteroatoms. The lowest BCUT2D eigenvalue weighted by Crippen LogP contribution is -2.51. The minimum atomic E-state index is 0.274. The zero-order valence-electron chi connectivity index (χ0n) is 10.5. The lowest BCUT2D eigenvalue weighted by Gasteiger charge is -2.41. The zero-order valence-corrected chi connectivity index (χ0v) is 10.5. The molecule has 1 aliphatic carbocycles. The van der Waals surface area contributed by atoms with E-state index in [9.17, 15) is 0 Å². The number of hydrogen-bond acceptors (Lipinski definition) is 3. The Morgan fingerprint density at radius 3 is 3.00 bits per heavy atom. The molecule has 3 nitrogen and oxygen atoms in total. The van der Waals surface area contributed by atoms with E-state index in [0.29, 0.717) is 6.54 Å². The van der Waals surface area contributed by atoms with Gasteiger partial charge in [-0.1, -0.05) is 26.2 Å². The predicted octanol–water partition coefficient (Wildman–Crippen LogP) is 1.61. The Morgan fingerprint density at radius 2 is 2.25 bits per heavy atom. The molecule has 0 aromatic heterocycles. The first kappa shape index (κ1) is 12.3. The molecule has 16 heavy (non-hydrogen) atoms. The summed E-state index contributed by atoms with van der Waals surface area (Å²) in [6.07, 6.45) is 7.25. The largest absolute Gasteiger partial charge is 0.374 e. The molecule has 1 heterocycles. The lowest BCUT2D eigenvalue weighted by atomic mass is 9.83. The molecule has 2 rings (SSSR count). The Bertz CT molecular complexity index is 188. The second-order valence-corrected chi connectivity index (χ2v) is 5.32. The Kier molecular flexibility index (Phi) is 4.62. The fraction of sp³-hybridized carbons (Fsp3) is 1.00. The summed E-state index contributed by atoms with van der Waals surface area (Å²) >= 11 is 0. The molecule has 0 amide bonds. The Balaban J connectivity index is 1.85. The van der Waals surface area contributed by atoms with Gasteiger partial charge in [0.15, 0.2) is 0 Å². The van der Waals surface area contributed by atoms with Crippen molar-refractivity contribution in [1.29, 1.82) is 0 Å².